The molecule has 1 aromatic carbocycles. The Balaban J connectivity index is 1.90. The lowest BCUT2D eigenvalue weighted by Crippen LogP contribution is -2.18. The predicted octanol–water partition coefficient (Wildman–Crippen LogP) is 2.07. The van der Waals surface area contributed by atoms with Gasteiger partial charge in [-0.25, -0.2) is 0 Å². The first-order valence-electron chi connectivity index (χ1n) is 5.55. The summed E-state index contributed by atoms with van der Waals surface area (Å²) in [5, 5.41) is 17.7. The van der Waals surface area contributed by atoms with Crippen molar-refractivity contribution >= 4 is 21.6 Å². The summed E-state index contributed by atoms with van der Waals surface area (Å²) in [7, 11) is 0. The molecule has 0 spiro atoms. The van der Waals surface area contributed by atoms with E-state index in [9.17, 15) is 10.1 Å². The number of aromatic nitrogens is 2. The molecule has 2 aromatic rings. The van der Waals surface area contributed by atoms with Gasteiger partial charge in [-0.3, -0.25) is 10.1 Å². The maximum absolute atomic E-state index is 10.9. The Labute approximate surface area is 117 Å². The molecule has 0 aliphatic rings. The van der Waals surface area contributed by atoms with Gasteiger partial charge in [-0.05, 0) is 12.1 Å². The number of nitro groups is 1. The summed E-state index contributed by atoms with van der Waals surface area (Å²) in [6.07, 6.45) is 1.88. The fourth-order valence-corrected chi connectivity index (χ4v) is 1.93. The summed E-state index contributed by atoms with van der Waals surface area (Å²) in [4.78, 5) is 14.4. The molecule has 0 radical (unpaired) electrons. The Hall–Kier alpha value is -1.80. The summed E-state index contributed by atoms with van der Waals surface area (Å²) < 4.78 is 5.30. The van der Waals surface area contributed by atoms with Gasteiger partial charge in [0.15, 0.2) is 5.82 Å². The van der Waals surface area contributed by atoms with Crippen LogP contribution in [0, 0.1) is 10.1 Å². The Morgan fingerprint density at radius 3 is 3.00 bits per heavy atom. The smallest absolute Gasteiger partial charge is 0.275 e. The van der Waals surface area contributed by atoms with E-state index in [0.29, 0.717) is 35.4 Å². The molecule has 0 fully saturated rings. The van der Waals surface area contributed by atoms with Gasteiger partial charge in [0.1, 0.15) is 0 Å². The van der Waals surface area contributed by atoms with Crippen LogP contribution in [0.15, 0.2) is 33.6 Å². The molecule has 7 nitrogen and oxygen atoms in total. The number of nitrogens with one attached hydrogen (secondary N) is 1. The molecule has 2 rings (SSSR count). The SMILES string of the molecule is O=[N+]([O-])c1cc(Br)ccc1CNCCc1ncon1. The highest BCUT2D eigenvalue weighted by molar-refractivity contribution is 9.10. The first-order valence-corrected chi connectivity index (χ1v) is 6.35. The lowest BCUT2D eigenvalue weighted by Gasteiger charge is -2.05. The highest BCUT2D eigenvalue weighted by Crippen LogP contribution is 2.23. The fraction of sp³-hybridized carbons (Fsp3) is 0.273. The first-order chi connectivity index (χ1) is 9.16. The van der Waals surface area contributed by atoms with E-state index in [0.717, 1.165) is 0 Å². The van der Waals surface area contributed by atoms with Crippen LogP contribution in [0.5, 0.6) is 0 Å². The van der Waals surface area contributed by atoms with Crippen molar-refractivity contribution in [1.82, 2.24) is 15.5 Å². The van der Waals surface area contributed by atoms with Gasteiger partial charge in [-0.15, -0.1) is 0 Å². The minimum Gasteiger partial charge on any atom is -0.343 e. The number of benzene rings is 1. The largest absolute Gasteiger partial charge is 0.343 e. The first kappa shape index (κ1) is 13.6. The van der Waals surface area contributed by atoms with Gasteiger partial charge in [0.05, 0.1) is 4.92 Å². The van der Waals surface area contributed by atoms with Crippen LogP contribution in [0.3, 0.4) is 0 Å². The van der Waals surface area contributed by atoms with Gasteiger partial charge in [-0.1, -0.05) is 21.1 Å². The van der Waals surface area contributed by atoms with Gasteiger partial charge >= 0.3 is 0 Å². The van der Waals surface area contributed by atoms with E-state index in [-0.39, 0.29) is 10.6 Å². The van der Waals surface area contributed by atoms with Crippen LogP contribution in [0.1, 0.15) is 11.4 Å². The minimum atomic E-state index is -0.388. The van der Waals surface area contributed by atoms with Crippen molar-refractivity contribution in [3.63, 3.8) is 0 Å². The minimum absolute atomic E-state index is 0.0986. The number of hydrogen-bond donors (Lipinski definition) is 1. The second-order valence-electron chi connectivity index (χ2n) is 3.80. The summed E-state index contributed by atoms with van der Waals surface area (Å²) in [5.74, 6) is 0.609. The van der Waals surface area contributed by atoms with Crippen LogP contribution in [0.4, 0.5) is 5.69 Å². The van der Waals surface area contributed by atoms with Crippen molar-refractivity contribution in [2.24, 2.45) is 0 Å². The molecule has 8 heteroatoms. The van der Waals surface area contributed by atoms with Crippen molar-refractivity contribution < 1.29 is 9.45 Å². The molecule has 1 heterocycles. The molecule has 0 atom stereocenters. The third kappa shape index (κ3) is 3.83. The Bertz CT molecular complexity index is 559. The van der Waals surface area contributed by atoms with Crippen LogP contribution >= 0.6 is 15.9 Å². The Morgan fingerprint density at radius 2 is 2.32 bits per heavy atom. The summed E-state index contributed by atoms with van der Waals surface area (Å²) in [5.41, 5.74) is 0.739. The third-order valence-corrected chi connectivity index (χ3v) is 2.99. The normalized spacial score (nSPS) is 10.6. The zero-order valence-electron chi connectivity index (χ0n) is 9.88. The topological polar surface area (TPSA) is 94.1 Å². The molecule has 0 saturated carbocycles. The predicted molar refractivity (Wildman–Crippen MR) is 70.5 cm³/mol. The van der Waals surface area contributed by atoms with Gasteiger partial charge < -0.3 is 9.84 Å². The van der Waals surface area contributed by atoms with Crippen LogP contribution in [-0.2, 0) is 13.0 Å². The molecule has 0 saturated heterocycles. The van der Waals surface area contributed by atoms with Crippen molar-refractivity contribution in [3.8, 4) is 0 Å². The van der Waals surface area contributed by atoms with Gasteiger partial charge in [-0.2, -0.15) is 4.98 Å². The lowest BCUT2D eigenvalue weighted by atomic mass is 10.2. The highest BCUT2D eigenvalue weighted by atomic mass is 79.9. The van der Waals surface area contributed by atoms with E-state index in [1.807, 2.05) is 0 Å². The molecular formula is C11H11BrN4O3. The third-order valence-electron chi connectivity index (χ3n) is 2.49. The van der Waals surface area contributed by atoms with Crippen molar-refractivity contribution in [2.45, 2.75) is 13.0 Å². The Kier molecular flexibility index (Phi) is 4.58. The molecule has 1 aromatic heterocycles. The summed E-state index contributed by atoms with van der Waals surface area (Å²) in [6.45, 7) is 1.04. The monoisotopic (exact) mass is 326 g/mol. The standard InChI is InChI=1S/C11H11BrN4O3/c12-9-2-1-8(10(5-9)16(17)18)6-13-4-3-11-14-7-19-15-11/h1-2,5,7,13H,3-4,6H2. The van der Waals surface area contributed by atoms with E-state index in [1.165, 1.54) is 12.5 Å². The molecule has 0 bridgehead atoms. The number of nitro benzene ring substituents is 1. The highest BCUT2D eigenvalue weighted by Gasteiger charge is 2.13. The number of hydrogen-bond acceptors (Lipinski definition) is 6. The molecule has 0 unspecified atom stereocenters. The quantitative estimate of drug-likeness (QED) is 0.496. The van der Waals surface area contributed by atoms with Gasteiger partial charge in [0.25, 0.3) is 5.69 Å². The summed E-state index contributed by atoms with van der Waals surface area (Å²) >= 11 is 3.22. The zero-order chi connectivity index (χ0) is 13.7. The molecular weight excluding hydrogens is 316 g/mol. The zero-order valence-corrected chi connectivity index (χ0v) is 11.5. The lowest BCUT2D eigenvalue weighted by molar-refractivity contribution is -0.385. The molecule has 0 amide bonds. The molecule has 100 valence electrons. The van der Waals surface area contributed by atoms with Crippen LogP contribution < -0.4 is 5.32 Å². The number of nitrogens with zero attached hydrogens (tertiary/aromatic N) is 3. The van der Waals surface area contributed by atoms with E-state index < -0.39 is 0 Å². The van der Waals surface area contributed by atoms with E-state index in [4.69, 9.17) is 0 Å². The van der Waals surface area contributed by atoms with Crippen LogP contribution in [0.2, 0.25) is 0 Å². The average molecular weight is 327 g/mol. The number of halogens is 1. The molecule has 1 N–H and O–H groups in total. The van der Waals surface area contributed by atoms with E-state index in [2.05, 4.69) is 35.9 Å². The van der Waals surface area contributed by atoms with Gasteiger partial charge in [0.2, 0.25) is 6.39 Å². The number of rotatable bonds is 6. The average Bonchev–Trinajstić information content (AvgIpc) is 2.89. The van der Waals surface area contributed by atoms with Crippen molar-refractivity contribution in [3.05, 3.63) is 50.6 Å². The second-order valence-corrected chi connectivity index (χ2v) is 4.72. The fourth-order valence-electron chi connectivity index (χ4n) is 1.58. The van der Waals surface area contributed by atoms with Crippen molar-refractivity contribution in [2.75, 3.05) is 6.54 Å². The van der Waals surface area contributed by atoms with Gasteiger partial charge in [0, 0.05) is 35.6 Å². The Morgan fingerprint density at radius 1 is 1.47 bits per heavy atom. The van der Waals surface area contributed by atoms with E-state index >= 15 is 0 Å². The maximum Gasteiger partial charge on any atom is 0.275 e. The maximum atomic E-state index is 10.9. The van der Waals surface area contributed by atoms with Crippen LogP contribution in [0.25, 0.3) is 0 Å². The van der Waals surface area contributed by atoms with Crippen LogP contribution in [-0.4, -0.2) is 21.6 Å². The second kappa shape index (κ2) is 6.39. The van der Waals surface area contributed by atoms with Crippen molar-refractivity contribution in [1.29, 1.82) is 0 Å². The molecule has 19 heavy (non-hydrogen) atoms. The summed E-state index contributed by atoms with van der Waals surface area (Å²) in [6, 6.07) is 5.00. The van der Waals surface area contributed by atoms with E-state index in [1.54, 1.807) is 12.1 Å². The molecule has 0 aliphatic heterocycles. The molecule has 0 aliphatic carbocycles.